The normalized spacial score (nSPS) is 12.2. The second-order valence-corrected chi connectivity index (χ2v) is 4.91. The van der Waals surface area contributed by atoms with E-state index in [4.69, 9.17) is 9.47 Å². The van der Waals surface area contributed by atoms with Crippen LogP contribution in [0.3, 0.4) is 0 Å². The molecular formula is C16H23N3O2. The molecule has 1 N–H and O–H groups in total. The van der Waals surface area contributed by atoms with Gasteiger partial charge in [0.2, 0.25) is 0 Å². The highest BCUT2D eigenvalue weighted by molar-refractivity contribution is 5.40. The molecule has 1 aromatic heterocycles. The summed E-state index contributed by atoms with van der Waals surface area (Å²) in [5.74, 6) is 2.64. The van der Waals surface area contributed by atoms with Crippen molar-refractivity contribution in [3.8, 4) is 11.5 Å². The lowest BCUT2D eigenvalue weighted by atomic mass is 10.0. The minimum Gasteiger partial charge on any atom is -0.497 e. The Morgan fingerprint density at radius 2 is 1.86 bits per heavy atom. The van der Waals surface area contributed by atoms with Gasteiger partial charge in [0.25, 0.3) is 0 Å². The number of nitrogens with zero attached hydrogens (tertiary/aromatic N) is 2. The molecule has 114 valence electrons. The van der Waals surface area contributed by atoms with E-state index >= 15 is 0 Å². The number of nitrogens with one attached hydrogen (secondary N) is 1. The molecule has 0 aliphatic carbocycles. The van der Waals surface area contributed by atoms with Crippen molar-refractivity contribution < 1.29 is 9.47 Å². The van der Waals surface area contributed by atoms with E-state index in [2.05, 4.69) is 17.2 Å². The summed E-state index contributed by atoms with van der Waals surface area (Å²) in [6.07, 6.45) is 4.60. The average molecular weight is 289 g/mol. The lowest BCUT2D eigenvalue weighted by molar-refractivity contribution is 0.391. The predicted octanol–water partition coefficient (Wildman–Crippen LogP) is 2.33. The maximum absolute atomic E-state index is 5.36. The van der Waals surface area contributed by atoms with Crippen molar-refractivity contribution >= 4 is 0 Å². The lowest BCUT2D eigenvalue weighted by Gasteiger charge is -2.19. The van der Waals surface area contributed by atoms with Crippen molar-refractivity contribution in [2.45, 2.75) is 19.4 Å². The monoisotopic (exact) mass is 289 g/mol. The van der Waals surface area contributed by atoms with Crippen LogP contribution in [0.15, 0.2) is 30.6 Å². The second-order valence-electron chi connectivity index (χ2n) is 4.91. The zero-order valence-electron chi connectivity index (χ0n) is 13.1. The zero-order chi connectivity index (χ0) is 15.2. The number of benzene rings is 1. The molecule has 0 fully saturated rings. The van der Waals surface area contributed by atoms with Gasteiger partial charge in [-0.3, -0.25) is 0 Å². The first-order valence-electron chi connectivity index (χ1n) is 7.10. The van der Waals surface area contributed by atoms with Crippen LogP contribution in [0.2, 0.25) is 0 Å². The van der Waals surface area contributed by atoms with Crippen LogP contribution >= 0.6 is 0 Å². The number of ether oxygens (including phenoxy) is 2. The highest BCUT2D eigenvalue weighted by Gasteiger charge is 2.16. The van der Waals surface area contributed by atoms with Crippen molar-refractivity contribution in [1.82, 2.24) is 14.9 Å². The quantitative estimate of drug-likeness (QED) is 0.850. The molecule has 1 atom stereocenters. The van der Waals surface area contributed by atoms with E-state index in [0.717, 1.165) is 35.9 Å². The van der Waals surface area contributed by atoms with Crippen molar-refractivity contribution in [1.29, 1.82) is 0 Å². The van der Waals surface area contributed by atoms with E-state index in [1.165, 1.54) is 0 Å². The molecule has 0 saturated heterocycles. The molecule has 0 aliphatic heterocycles. The fraction of sp³-hybridized carbons (Fsp3) is 0.438. The molecule has 0 aliphatic rings. The van der Waals surface area contributed by atoms with Crippen molar-refractivity contribution in [2.24, 2.45) is 7.05 Å². The van der Waals surface area contributed by atoms with E-state index in [1.54, 1.807) is 14.2 Å². The van der Waals surface area contributed by atoms with Crippen LogP contribution in [0.4, 0.5) is 0 Å². The summed E-state index contributed by atoms with van der Waals surface area (Å²) in [4.78, 5) is 4.41. The minimum absolute atomic E-state index is 0.167. The number of hydrogen-bond donors (Lipinski definition) is 1. The molecule has 5 nitrogen and oxygen atoms in total. The number of aryl methyl sites for hydroxylation is 1. The van der Waals surface area contributed by atoms with Gasteiger partial charge in [0.1, 0.15) is 17.3 Å². The van der Waals surface area contributed by atoms with Crippen molar-refractivity contribution in [2.75, 3.05) is 20.8 Å². The Kier molecular flexibility index (Phi) is 5.22. The fourth-order valence-electron chi connectivity index (χ4n) is 2.36. The molecule has 1 aromatic carbocycles. The minimum atomic E-state index is 0.167. The molecule has 2 rings (SSSR count). The Hall–Kier alpha value is -2.01. The summed E-state index contributed by atoms with van der Waals surface area (Å²) in [6, 6.07) is 6.13. The van der Waals surface area contributed by atoms with Gasteiger partial charge in [0.05, 0.1) is 14.2 Å². The SMILES string of the molecule is CCNC(Cc1nccn1C)c1cc(OC)cc(OC)c1. The summed E-state index contributed by atoms with van der Waals surface area (Å²) >= 11 is 0. The van der Waals surface area contributed by atoms with Gasteiger partial charge >= 0.3 is 0 Å². The Bertz CT molecular complexity index is 558. The van der Waals surface area contributed by atoms with Gasteiger partial charge in [-0.2, -0.15) is 0 Å². The number of rotatable bonds is 7. The molecule has 0 bridgehead atoms. The van der Waals surface area contributed by atoms with Crippen LogP contribution in [-0.4, -0.2) is 30.3 Å². The van der Waals surface area contributed by atoms with Crippen LogP contribution in [-0.2, 0) is 13.5 Å². The maximum Gasteiger partial charge on any atom is 0.122 e. The first-order chi connectivity index (χ1) is 10.2. The molecule has 21 heavy (non-hydrogen) atoms. The second kappa shape index (κ2) is 7.13. The first-order valence-corrected chi connectivity index (χ1v) is 7.10. The van der Waals surface area contributed by atoms with E-state index < -0.39 is 0 Å². The number of likely N-dealkylation sites (N-methyl/N-ethyl adjacent to an activating group) is 1. The molecule has 0 amide bonds. The molecule has 1 heterocycles. The van der Waals surface area contributed by atoms with Crippen molar-refractivity contribution in [3.05, 3.63) is 42.0 Å². The van der Waals surface area contributed by atoms with Gasteiger partial charge in [-0.25, -0.2) is 4.98 Å². The zero-order valence-corrected chi connectivity index (χ0v) is 13.1. The Balaban J connectivity index is 2.30. The molecular weight excluding hydrogens is 266 g/mol. The van der Waals surface area contributed by atoms with Crippen LogP contribution in [0.25, 0.3) is 0 Å². The van der Waals surface area contributed by atoms with Gasteiger partial charge in [-0.05, 0) is 24.2 Å². The molecule has 0 radical (unpaired) electrons. The highest BCUT2D eigenvalue weighted by Crippen LogP contribution is 2.28. The van der Waals surface area contributed by atoms with Crippen LogP contribution in [0.1, 0.15) is 24.4 Å². The topological polar surface area (TPSA) is 48.3 Å². The predicted molar refractivity (Wildman–Crippen MR) is 82.9 cm³/mol. The van der Waals surface area contributed by atoms with Crippen molar-refractivity contribution in [3.63, 3.8) is 0 Å². The lowest BCUT2D eigenvalue weighted by Crippen LogP contribution is -2.24. The summed E-state index contributed by atoms with van der Waals surface area (Å²) in [5, 5.41) is 3.50. The van der Waals surface area contributed by atoms with Gasteiger partial charge in [0, 0.05) is 38.0 Å². The number of methoxy groups -OCH3 is 2. The fourth-order valence-corrected chi connectivity index (χ4v) is 2.36. The third-order valence-electron chi connectivity index (χ3n) is 3.53. The van der Waals surface area contributed by atoms with Gasteiger partial charge in [0.15, 0.2) is 0 Å². The number of aromatic nitrogens is 2. The molecule has 2 aromatic rings. The standard InChI is InChI=1S/C16H23N3O2/c1-5-17-15(11-16-18-6-7-19(16)2)12-8-13(20-3)10-14(9-12)21-4/h6-10,15,17H,5,11H2,1-4H3. The van der Waals surface area contributed by atoms with E-state index in [1.807, 2.05) is 42.2 Å². The first kappa shape index (κ1) is 15.4. The number of hydrogen-bond acceptors (Lipinski definition) is 4. The Labute approximate surface area is 125 Å². The number of imidazole rings is 1. The third-order valence-corrected chi connectivity index (χ3v) is 3.53. The van der Waals surface area contributed by atoms with Gasteiger partial charge < -0.3 is 19.4 Å². The van der Waals surface area contributed by atoms with E-state index in [-0.39, 0.29) is 6.04 Å². The van der Waals surface area contributed by atoms with Gasteiger partial charge in [-0.15, -0.1) is 0 Å². The van der Waals surface area contributed by atoms with Crippen LogP contribution in [0.5, 0.6) is 11.5 Å². The van der Waals surface area contributed by atoms with Crippen LogP contribution in [0, 0.1) is 0 Å². The molecule has 1 unspecified atom stereocenters. The Morgan fingerprint density at radius 1 is 1.19 bits per heavy atom. The summed E-state index contributed by atoms with van der Waals surface area (Å²) in [7, 11) is 5.34. The average Bonchev–Trinajstić information content (AvgIpc) is 2.91. The van der Waals surface area contributed by atoms with Crippen LogP contribution < -0.4 is 14.8 Å². The summed E-state index contributed by atoms with van der Waals surface area (Å²) < 4.78 is 12.8. The van der Waals surface area contributed by atoms with E-state index in [0.29, 0.717) is 0 Å². The van der Waals surface area contributed by atoms with E-state index in [9.17, 15) is 0 Å². The smallest absolute Gasteiger partial charge is 0.122 e. The highest BCUT2D eigenvalue weighted by atomic mass is 16.5. The maximum atomic E-state index is 5.36. The van der Waals surface area contributed by atoms with Gasteiger partial charge in [-0.1, -0.05) is 6.92 Å². The molecule has 5 heteroatoms. The Morgan fingerprint density at radius 3 is 2.33 bits per heavy atom. The third kappa shape index (κ3) is 3.76. The largest absolute Gasteiger partial charge is 0.497 e. The summed E-state index contributed by atoms with van der Waals surface area (Å²) in [6.45, 7) is 2.98. The summed E-state index contributed by atoms with van der Waals surface area (Å²) in [5.41, 5.74) is 1.14. The molecule has 0 saturated carbocycles. The molecule has 0 spiro atoms.